The number of rotatable bonds is 6. The number of benzene rings is 2. The summed E-state index contributed by atoms with van der Waals surface area (Å²) >= 11 is 0. The predicted molar refractivity (Wildman–Crippen MR) is 125 cm³/mol. The molecule has 33 heavy (non-hydrogen) atoms. The van der Waals surface area contributed by atoms with Crippen molar-refractivity contribution in [3.63, 3.8) is 0 Å². The Hall–Kier alpha value is -4.52. The third-order valence-electron chi connectivity index (χ3n) is 5.31. The van der Waals surface area contributed by atoms with Crippen LogP contribution in [-0.4, -0.2) is 37.8 Å². The predicted octanol–water partition coefficient (Wildman–Crippen LogP) is 4.86. The van der Waals surface area contributed by atoms with E-state index in [9.17, 15) is 4.79 Å². The third kappa shape index (κ3) is 4.29. The Morgan fingerprint density at radius 2 is 1.64 bits per heavy atom. The zero-order chi connectivity index (χ0) is 22.6. The molecular weight excluding hydrogens is 414 g/mol. The normalized spacial score (nSPS) is 10.8. The molecule has 0 spiro atoms. The summed E-state index contributed by atoms with van der Waals surface area (Å²) in [7, 11) is 1.75. The number of nitrogens with zero attached hydrogens (tertiary/aromatic N) is 5. The Kier molecular flexibility index (Phi) is 5.51. The van der Waals surface area contributed by atoms with Gasteiger partial charge in [0.2, 0.25) is 0 Å². The lowest BCUT2D eigenvalue weighted by molar-refractivity contribution is 0.0775. The van der Waals surface area contributed by atoms with Crippen molar-refractivity contribution in [2.45, 2.75) is 6.54 Å². The summed E-state index contributed by atoms with van der Waals surface area (Å²) in [5.41, 5.74) is 4.77. The van der Waals surface area contributed by atoms with Gasteiger partial charge in [-0.25, -0.2) is 4.68 Å². The number of carbonyl (C=O) groups excluding carboxylic acids is 1. The fourth-order valence-electron chi connectivity index (χ4n) is 3.63. The van der Waals surface area contributed by atoms with Gasteiger partial charge >= 0.3 is 0 Å². The van der Waals surface area contributed by atoms with Gasteiger partial charge in [-0.2, -0.15) is 5.10 Å². The van der Waals surface area contributed by atoms with Gasteiger partial charge in [0.1, 0.15) is 0 Å². The van der Waals surface area contributed by atoms with Crippen molar-refractivity contribution >= 4 is 5.91 Å². The zero-order valence-corrected chi connectivity index (χ0v) is 18.0. The van der Waals surface area contributed by atoms with Crippen LogP contribution in [0.3, 0.4) is 0 Å². The number of aromatic nitrogens is 4. The highest BCUT2D eigenvalue weighted by molar-refractivity contribution is 5.93. The van der Waals surface area contributed by atoms with Crippen molar-refractivity contribution in [2.75, 3.05) is 7.05 Å². The molecule has 7 nitrogen and oxygen atoms in total. The standard InChI is InChI=1S/C26H21N5O2/c1-30(26(32)23-16-24(33-29-23)19-12-14-27-15-13-19)17-21-18-31(22-10-6-3-7-11-22)28-25(21)20-8-4-2-5-9-20/h2-16,18H,17H2,1H3. The van der Waals surface area contributed by atoms with E-state index in [-0.39, 0.29) is 11.6 Å². The van der Waals surface area contributed by atoms with Crippen molar-refractivity contribution in [1.82, 2.24) is 24.8 Å². The number of para-hydroxylation sites is 1. The smallest absolute Gasteiger partial charge is 0.276 e. The summed E-state index contributed by atoms with van der Waals surface area (Å²) in [6.07, 6.45) is 5.30. The van der Waals surface area contributed by atoms with E-state index >= 15 is 0 Å². The number of carbonyl (C=O) groups is 1. The van der Waals surface area contributed by atoms with Crippen LogP contribution in [0.15, 0.2) is 102 Å². The highest BCUT2D eigenvalue weighted by Gasteiger charge is 2.21. The van der Waals surface area contributed by atoms with Crippen molar-refractivity contribution in [1.29, 1.82) is 0 Å². The number of amides is 1. The second-order valence-electron chi connectivity index (χ2n) is 7.62. The molecular formula is C26H21N5O2. The molecule has 0 unspecified atom stereocenters. The minimum Gasteiger partial charge on any atom is -0.355 e. The van der Waals surface area contributed by atoms with Crippen LogP contribution < -0.4 is 0 Å². The molecule has 5 aromatic rings. The number of hydrogen-bond donors (Lipinski definition) is 0. The van der Waals surface area contributed by atoms with Gasteiger partial charge in [-0.05, 0) is 24.3 Å². The van der Waals surface area contributed by atoms with E-state index < -0.39 is 0 Å². The van der Waals surface area contributed by atoms with Crippen molar-refractivity contribution in [3.8, 4) is 28.3 Å². The van der Waals surface area contributed by atoms with Crippen molar-refractivity contribution in [3.05, 3.63) is 109 Å². The Morgan fingerprint density at radius 1 is 0.939 bits per heavy atom. The molecule has 3 heterocycles. The highest BCUT2D eigenvalue weighted by atomic mass is 16.5. The maximum atomic E-state index is 13.1. The second-order valence-corrected chi connectivity index (χ2v) is 7.62. The lowest BCUT2D eigenvalue weighted by atomic mass is 10.1. The van der Waals surface area contributed by atoms with Gasteiger partial charge in [-0.15, -0.1) is 0 Å². The SMILES string of the molecule is CN(Cc1cn(-c2ccccc2)nc1-c1ccccc1)C(=O)c1cc(-c2ccncc2)on1. The molecule has 0 fully saturated rings. The first kappa shape index (κ1) is 20.4. The largest absolute Gasteiger partial charge is 0.355 e. The lowest BCUT2D eigenvalue weighted by Gasteiger charge is -2.15. The summed E-state index contributed by atoms with van der Waals surface area (Å²) in [5.74, 6) is 0.293. The topological polar surface area (TPSA) is 77.0 Å². The Labute approximate surface area is 190 Å². The number of hydrogen-bond acceptors (Lipinski definition) is 5. The first-order valence-electron chi connectivity index (χ1n) is 10.5. The zero-order valence-electron chi connectivity index (χ0n) is 18.0. The van der Waals surface area contributed by atoms with E-state index in [4.69, 9.17) is 9.62 Å². The van der Waals surface area contributed by atoms with Gasteiger partial charge in [0.25, 0.3) is 5.91 Å². The molecule has 2 aromatic carbocycles. The molecule has 0 N–H and O–H groups in total. The minimum absolute atomic E-state index is 0.231. The quantitative estimate of drug-likeness (QED) is 0.381. The average Bonchev–Trinajstić information content (AvgIpc) is 3.53. The summed E-state index contributed by atoms with van der Waals surface area (Å²) in [4.78, 5) is 18.7. The van der Waals surface area contributed by atoms with Crippen molar-refractivity contribution in [2.24, 2.45) is 0 Å². The number of pyridine rings is 1. The van der Waals surface area contributed by atoms with Gasteiger partial charge < -0.3 is 9.42 Å². The minimum atomic E-state index is -0.231. The maximum absolute atomic E-state index is 13.1. The van der Waals surface area contributed by atoms with Crippen LogP contribution in [0.25, 0.3) is 28.3 Å². The average molecular weight is 435 g/mol. The van der Waals surface area contributed by atoms with E-state index in [1.165, 1.54) is 0 Å². The monoisotopic (exact) mass is 435 g/mol. The van der Waals surface area contributed by atoms with Crippen LogP contribution in [0.1, 0.15) is 16.1 Å². The fraction of sp³-hybridized carbons (Fsp3) is 0.0769. The molecule has 1 amide bonds. The summed E-state index contributed by atoms with van der Waals surface area (Å²) in [5, 5.41) is 8.80. The highest BCUT2D eigenvalue weighted by Crippen LogP contribution is 2.25. The molecule has 0 aliphatic heterocycles. The molecule has 5 rings (SSSR count). The molecule has 162 valence electrons. The molecule has 3 aromatic heterocycles. The van der Waals surface area contributed by atoms with Crippen LogP contribution in [0.2, 0.25) is 0 Å². The Morgan fingerprint density at radius 3 is 2.36 bits per heavy atom. The second kappa shape index (κ2) is 8.92. The Bertz CT molecular complexity index is 1360. The van der Waals surface area contributed by atoms with Gasteiger partial charge in [0.05, 0.1) is 11.4 Å². The molecule has 0 saturated heterocycles. The molecule has 0 radical (unpaired) electrons. The van der Waals surface area contributed by atoms with Gasteiger partial charge in [0, 0.05) is 54.9 Å². The van der Waals surface area contributed by atoms with E-state index in [1.807, 2.05) is 83.7 Å². The van der Waals surface area contributed by atoms with E-state index in [2.05, 4.69) is 10.1 Å². The fourth-order valence-corrected chi connectivity index (χ4v) is 3.63. The molecule has 0 saturated carbocycles. The van der Waals surface area contributed by atoms with E-state index in [1.54, 1.807) is 30.4 Å². The molecule has 0 bridgehead atoms. The lowest BCUT2D eigenvalue weighted by Crippen LogP contribution is -2.26. The first-order valence-corrected chi connectivity index (χ1v) is 10.5. The van der Waals surface area contributed by atoms with Crippen LogP contribution >= 0.6 is 0 Å². The molecule has 0 aliphatic carbocycles. The summed E-state index contributed by atoms with van der Waals surface area (Å²) in [6, 6.07) is 25.1. The Balaban J connectivity index is 1.43. The molecule has 0 atom stereocenters. The third-order valence-corrected chi connectivity index (χ3v) is 5.31. The first-order chi connectivity index (χ1) is 16.2. The maximum Gasteiger partial charge on any atom is 0.276 e. The van der Waals surface area contributed by atoms with E-state index in [0.717, 1.165) is 28.1 Å². The van der Waals surface area contributed by atoms with Crippen LogP contribution in [0.5, 0.6) is 0 Å². The molecule has 7 heteroatoms. The molecule has 0 aliphatic rings. The summed E-state index contributed by atoms with van der Waals surface area (Å²) < 4.78 is 7.23. The summed E-state index contributed by atoms with van der Waals surface area (Å²) in [6.45, 7) is 0.368. The van der Waals surface area contributed by atoms with Gasteiger partial charge in [-0.1, -0.05) is 53.7 Å². The van der Waals surface area contributed by atoms with Crippen LogP contribution in [-0.2, 0) is 6.54 Å². The van der Waals surface area contributed by atoms with Gasteiger partial charge in [-0.3, -0.25) is 9.78 Å². The van der Waals surface area contributed by atoms with Crippen LogP contribution in [0, 0.1) is 0 Å². The van der Waals surface area contributed by atoms with Gasteiger partial charge in [0.15, 0.2) is 11.5 Å². The van der Waals surface area contributed by atoms with E-state index in [0.29, 0.717) is 12.3 Å². The van der Waals surface area contributed by atoms with Crippen molar-refractivity contribution < 1.29 is 9.32 Å². The van der Waals surface area contributed by atoms with Crippen LogP contribution in [0.4, 0.5) is 0 Å².